The summed E-state index contributed by atoms with van der Waals surface area (Å²) in [5.41, 5.74) is 9.53. The van der Waals surface area contributed by atoms with E-state index in [0.29, 0.717) is 0 Å². The molecule has 6 aromatic rings. The van der Waals surface area contributed by atoms with E-state index in [2.05, 4.69) is 138 Å². The molecule has 0 saturated carbocycles. The van der Waals surface area contributed by atoms with Crippen LogP contribution in [-0.2, 0) is 0 Å². The second-order valence-electron chi connectivity index (χ2n) is 11.7. The molecular weight excluding hydrogens is 473 g/mol. The Balaban J connectivity index is 1.32. The van der Waals surface area contributed by atoms with Crippen LogP contribution >= 0.6 is 6.39 Å². The fourth-order valence-corrected chi connectivity index (χ4v) is 16.5. The number of para-hydroxylation sites is 3. The van der Waals surface area contributed by atoms with Crippen molar-refractivity contribution in [3.05, 3.63) is 121 Å². The number of rotatable bonds is 4. The summed E-state index contributed by atoms with van der Waals surface area (Å²) in [5.74, 6) is 0. The third-order valence-corrected chi connectivity index (χ3v) is 17.2. The Bertz CT molecular complexity index is 1970. The first-order chi connectivity index (χ1) is 18.8. The Labute approximate surface area is 224 Å². The molecule has 2 radical (unpaired) electrons. The molecule has 5 aromatic carbocycles. The first-order valence-electron chi connectivity index (χ1n) is 13.7. The molecule has 172 valence electrons. The van der Waals surface area contributed by atoms with Gasteiger partial charge in [0.1, 0.15) is 0 Å². The van der Waals surface area contributed by atoms with Crippen LogP contribution in [0.15, 0.2) is 121 Å². The molecule has 5 aliphatic heterocycles. The predicted molar refractivity (Wildman–Crippen MR) is 172 cm³/mol. The summed E-state index contributed by atoms with van der Waals surface area (Å²) >= 11 is 0. The van der Waals surface area contributed by atoms with Crippen LogP contribution in [0.3, 0.4) is 0 Å². The summed E-state index contributed by atoms with van der Waals surface area (Å²) in [7, 11) is 2.63. The molecule has 0 amide bonds. The van der Waals surface area contributed by atoms with Gasteiger partial charge >= 0.3 is 225 Å². The van der Waals surface area contributed by atoms with Gasteiger partial charge in [0.15, 0.2) is 0 Å². The summed E-state index contributed by atoms with van der Waals surface area (Å²) < 4.78 is 2.54. The number of hydrogen-bond donors (Lipinski definition) is 1. The summed E-state index contributed by atoms with van der Waals surface area (Å²) in [6.45, 7) is 0.223. The predicted octanol–water partition coefficient (Wildman–Crippen LogP) is 3.69. The van der Waals surface area contributed by atoms with Gasteiger partial charge in [0.25, 0.3) is 0 Å². The molecular formula is C30H21B5N2P-. The first-order valence-corrected chi connectivity index (χ1v) is 16.2. The minimum atomic E-state index is -2.17. The summed E-state index contributed by atoms with van der Waals surface area (Å²) in [6.07, 6.45) is 0.202. The molecule has 1 aromatic heterocycles. The van der Waals surface area contributed by atoms with Gasteiger partial charge in [0.05, 0.1) is 0 Å². The van der Waals surface area contributed by atoms with E-state index >= 15 is 0 Å². The van der Waals surface area contributed by atoms with Gasteiger partial charge in [-0.3, -0.25) is 0 Å². The van der Waals surface area contributed by atoms with Gasteiger partial charge in [-0.25, -0.2) is 0 Å². The quantitative estimate of drug-likeness (QED) is 0.292. The van der Waals surface area contributed by atoms with E-state index in [1.165, 1.54) is 49.6 Å². The van der Waals surface area contributed by atoms with E-state index in [9.17, 15) is 0 Å². The van der Waals surface area contributed by atoms with Gasteiger partial charge in [-0.15, -0.1) is 0 Å². The van der Waals surface area contributed by atoms with Crippen LogP contribution in [-0.4, -0.2) is 37.0 Å². The molecule has 4 saturated heterocycles. The number of aromatic nitrogens is 1. The van der Waals surface area contributed by atoms with E-state index in [0.717, 1.165) is 18.6 Å². The molecule has 0 spiro atoms. The standard InChI is InChI=1S/C30H21B5N2P/c1-3-11-21(12-4-1)32-26-16-8-10-18-29(26)37-28-17-9-7-15-24(28)25-19-23(20-27(32)30(25)37)38(33-31-34(38)35(33)38)36-22-13-5-2-6-14-22/h1-20,36H/q-1. The van der Waals surface area contributed by atoms with Crippen molar-refractivity contribution >= 4 is 88.0 Å². The number of nitrogens with zero attached hydrogens (tertiary/aromatic N) is 1. The zero-order valence-corrected chi connectivity index (χ0v) is 21.7. The molecule has 8 heteroatoms. The molecule has 2 nitrogen and oxygen atoms in total. The SMILES string of the molecule is [B-]1B2B3B1P23(Nc1ccccc1)c1cc2c3c(c1)c1ccccc1n3-c1ccccc1B2c1ccccc1. The van der Waals surface area contributed by atoms with Gasteiger partial charge in [-0.05, 0) is 0 Å². The van der Waals surface area contributed by atoms with Crippen LogP contribution in [0.1, 0.15) is 0 Å². The van der Waals surface area contributed by atoms with Crippen molar-refractivity contribution in [1.82, 2.24) is 4.57 Å². The third kappa shape index (κ3) is 2.07. The van der Waals surface area contributed by atoms with Crippen molar-refractivity contribution in [3.63, 3.8) is 0 Å². The number of nitrogens with one attached hydrogen (secondary N) is 1. The van der Waals surface area contributed by atoms with E-state index in [1.807, 2.05) is 0 Å². The zero-order valence-electron chi connectivity index (χ0n) is 20.8. The normalized spacial score (nSPS) is 19.3. The Morgan fingerprint density at radius 1 is 0.658 bits per heavy atom. The van der Waals surface area contributed by atoms with Gasteiger partial charge in [0, 0.05) is 0 Å². The minimum absolute atomic E-state index is 0.223. The fourth-order valence-electron chi connectivity index (χ4n) is 8.49. The fraction of sp³-hybridized carbons (Fsp3) is 0. The van der Waals surface area contributed by atoms with Crippen molar-refractivity contribution in [2.24, 2.45) is 0 Å². The van der Waals surface area contributed by atoms with Gasteiger partial charge < -0.3 is 0 Å². The Morgan fingerprint density at radius 2 is 1.34 bits per heavy atom. The molecule has 11 rings (SSSR count). The molecule has 2 bridgehead atoms. The Hall–Kier alpha value is -3.55. The van der Waals surface area contributed by atoms with Crippen molar-refractivity contribution < 1.29 is 0 Å². The molecule has 38 heavy (non-hydrogen) atoms. The topological polar surface area (TPSA) is 17.0 Å². The van der Waals surface area contributed by atoms with Crippen molar-refractivity contribution in [2.75, 3.05) is 5.09 Å². The molecule has 0 atom stereocenters. The third-order valence-electron chi connectivity index (χ3n) is 10.3. The number of hydrogen-bond acceptors (Lipinski definition) is 1. The molecule has 4 fully saturated rings. The van der Waals surface area contributed by atoms with Gasteiger partial charge in [-0.1, -0.05) is 0 Å². The van der Waals surface area contributed by atoms with Gasteiger partial charge in [0.2, 0.25) is 0 Å². The van der Waals surface area contributed by atoms with Crippen molar-refractivity contribution in [3.8, 4) is 5.69 Å². The van der Waals surface area contributed by atoms with E-state index in [1.54, 1.807) is 5.30 Å². The monoisotopic (exact) mass is 495 g/mol. The van der Waals surface area contributed by atoms with Crippen LogP contribution in [0, 0.1) is 0 Å². The average molecular weight is 495 g/mol. The van der Waals surface area contributed by atoms with Crippen LogP contribution < -0.4 is 26.8 Å². The van der Waals surface area contributed by atoms with Crippen molar-refractivity contribution in [2.45, 2.75) is 0 Å². The second kappa shape index (κ2) is 6.53. The molecule has 5 aliphatic rings. The van der Waals surface area contributed by atoms with Gasteiger partial charge in [-0.2, -0.15) is 0 Å². The molecule has 6 heterocycles. The number of anilines is 1. The van der Waals surface area contributed by atoms with E-state index in [-0.39, 0.29) is 6.71 Å². The van der Waals surface area contributed by atoms with Crippen molar-refractivity contribution in [1.29, 1.82) is 0 Å². The van der Waals surface area contributed by atoms with Crippen LogP contribution in [0.25, 0.3) is 27.5 Å². The molecule has 0 aliphatic carbocycles. The first kappa shape index (κ1) is 20.4. The van der Waals surface area contributed by atoms with Crippen LogP contribution in [0.2, 0.25) is 0 Å². The summed E-state index contributed by atoms with van der Waals surface area (Å²) in [4.78, 5) is 0. The second-order valence-corrected chi connectivity index (χ2v) is 16.9. The van der Waals surface area contributed by atoms with E-state index < -0.39 is 6.39 Å². The van der Waals surface area contributed by atoms with E-state index in [4.69, 9.17) is 0 Å². The molecule has 0 unspecified atom stereocenters. The maximum absolute atomic E-state index is 4.25. The van der Waals surface area contributed by atoms with Crippen LogP contribution in [0.4, 0.5) is 5.69 Å². The maximum atomic E-state index is 4.25. The zero-order chi connectivity index (χ0) is 24.7. The summed E-state index contributed by atoms with van der Waals surface area (Å²) in [5, 5.41) is 8.63. The number of benzene rings is 5. The van der Waals surface area contributed by atoms with Crippen LogP contribution in [0.5, 0.6) is 0 Å². The summed E-state index contributed by atoms with van der Waals surface area (Å²) in [6, 6.07) is 45.4. The Kier molecular flexibility index (Phi) is 3.51. The Morgan fingerprint density at radius 3 is 2.11 bits per heavy atom. The average Bonchev–Trinajstić information content (AvgIpc) is 3.55. The number of fused-ring (bicyclic) bond motifs is 5. The molecule has 1 N–H and O–H groups in total.